The second-order valence-corrected chi connectivity index (χ2v) is 4.89. The van der Waals surface area contributed by atoms with Gasteiger partial charge in [0.05, 0.1) is 6.04 Å². The van der Waals surface area contributed by atoms with Gasteiger partial charge in [-0.15, -0.1) is 10.2 Å². The number of nitrogens with zero attached hydrogens (tertiary/aromatic N) is 3. The van der Waals surface area contributed by atoms with Gasteiger partial charge in [0, 0.05) is 13.0 Å². The maximum atomic E-state index is 10.8. The Kier molecular flexibility index (Phi) is 3.96. The van der Waals surface area contributed by atoms with Crippen molar-refractivity contribution >= 4 is 5.97 Å². The number of fused-ring (bicyclic) bond motifs is 1. The number of aromatic nitrogens is 3. The molecule has 18 heavy (non-hydrogen) atoms. The van der Waals surface area contributed by atoms with Crippen LogP contribution in [0.25, 0.3) is 0 Å². The predicted octanol–water partition coefficient (Wildman–Crippen LogP) is 1.13. The first-order valence-corrected chi connectivity index (χ1v) is 6.50. The van der Waals surface area contributed by atoms with Crippen LogP contribution in [-0.4, -0.2) is 31.9 Å². The van der Waals surface area contributed by atoms with Gasteiger partial charge in [-0.2, -0.15) is 0 Å². The van der Waals surface area contributed by atoms with E-state index in [1.165, 1.54) is 6.42 Å². The first-order chi connectivity index (χ1) is 8.59. The van der Waals surface area contributed by atoms with Crippen molar-refractivity contribution in [2.75, 3.05) is 0 Å². The van der Waals surface area contributed by atoms with Crippen LogP contribution in [0.15, 0.2) is 0 Å². The second-order valence-electron chi connectivity index (χ2n) is 4.89. The minimum absolute atomic E-state index is 0.101. The van der Waals surface area contributed by atoms with Crippen molar-refractivity contribution in [3.63, 3.8) is 0 Å². The third-order valence-electron chi connectivity index (χ3n) is 3.40. The molecule has 6 heteroatoms. The summed E-state index contributed by atoms with van der Waals surface area (Å²) in [5.74, 6) is 1.02. The fourth-order valence-corrected chi connectivity index (χ4v) is 2.35. The summed E-state index contributed by atoms with van der Waals surface area (Å²) in [6.07, 6.45) is 4.48. The third-order valence-corrected chi connectivity index (χ3v) is 3.40. The minimum Gasteiger partial charge on any atom is -0.480 e. The Bertz CT molecular complexity index is 430. The Morgan fingerprint density at radius 3 is 2.83 bits per heavy atom. The van der Waals surface area contributed by atoms with Crippen molar-refractivity contribution in [1.29, 1.82) is 0 Å². The first-order valence-electron chi connectivity index (χ1n) is 6.50. The lowest BCUT2D eigenvalue weighted by Gasteiger charge is -2.17. The van der Waals surface area contributed by atoms with Crippen LogP contribution in [0.5, 0.6) is 0 Å². The van der Waals surface area contributed by atoms with Crippen LogP contribution in [0.1, 0.15) is 50.8 Å². The summed E-state index contributed by atoms with van der Waals surface area (Å²) in [5.41, 5.74) is 0. The number of rotatable bonds is 4. The molecule has 2 unspecified atom stereocenters. The van der Waals surface area contributed by atoms with E-state index >= 15 is 0 Å². The van der Waals surface area contributed by atoms with Gasteiger partial charge in [-0.1, -0.05) is 6.42 Å². The molecule has 1 aliphatic heterocycles. The smallest absolute Gasteiger partial charge is 0.320 e. The van der Waals surface area contributed by atoms with E-state index in [1.54, 1.807) is 6.92 Å². The zero-order valence-electron chi connectivity index (χ0n) is 10.9. The molecular weight excluding hydrogens is 232 g/mol. The Morgan fingerprint density at radius 2 is 2.11 bits per heavy atom. The van der Waals surface area contributed by atoms with E-state index in [0.29, 0.717) is 0 Å². The lowest BCUT2D eigenvalue weighted by Crippen LogP contribution is -2.36. The number of aryl methyl sites for hydroxylation is 1. The van der Waals surface area contributed by atoms with E-state index in [-0.39, 0.29) is 6.04 Å². The van der Waals surface area contributed by atoms with Gasteiger partial charge in [-0.05, 0) is 26.7 Å². The molecule has 1 aliphatic rings. The van der Waals surface area contributed by atoms with Crippen LogP contribution in [0.2, 0.25) is 0 Å². The highest BCUT2D eigenvalue weighted by molar-refractivity contribution is 5.72. The summed E-state index contributed by atoms with van der Waals surface area (Å²) < 4.78 is 2.14. The second kappa shape index (κ2) is 5.48. The monoisotopic (exact) mass is 252 g/mol. The fraction of sp³-hybridized carbons (Fsp3) is 0.750. The molecule has 0 aliphatic carbocycles. The zero-order valence-corrected chi connectivity index (χ0v) is 10.9. The van der Waals surface area contributed by atoms with Gasteiger partial charge >= 0.3 is 5.97 Å². The van der Waals surface area contributed by atoms with Gasteiger partial charge in [0.15, 0.2) is 0 Å². The molecule has 1 aromatic heterocycles. The van der Waals surface area contributed by atoms with E-state index in [4.69, 9.17) is 5.11 Å². The maximum absolute atomic E-state index is 10.8. The molecular formula is C12H20N4O2. The van der Waals surface area contributed by atoms with Crippen molar-refractivity contribution in [2.45, 2.75) is 58.2 Å². The number of nitrogens with one attached hydrogen (secondary N) is 1. The molecule has 0 saturated heterocycles. The average molecular weight is 252 g/mol. The van der Waals surface area contributed by atoms with Gasteiger partial charge in [-0.25, -0.2) is 0 Å². The van der Waals surface area contributed by atoms with Gasteiger partial charge in [0.25, 0.3) is 0 Å². The van der Waals surface area contributed by atoms with Crippen molar-refractivity contribution < 1.29 is 9.90 Å². The molecule has 0 saturated carbocycles. The molecule has 2 atom stereocenters. The molecule has 6 nitrogen and oxygen atoms in total. The Hall–Kier alpha value is -1.43. The van der Waals surface area contributed by atoms with Gasteiger partial charge in [-0.3, -0.25) is 10.1 Å². The van der Waals surface area contributed by atoms with Crippen LogP contribution >= 0.6 is 0 Å². The summed E-state index contributed by atoms with van der Waals surface area (Å²) in [4.78, 5) is 10.8. The SMILES string of the molecule is CC(NC(C)c1nnc2n1CCCCC2)C(=O)O. The number of aliphatic carboxylic acids is 1. The minimum atomic E-state index is -0.850. The molecule has 2 heterocycles. The standard InChI is InChI=1S/C12H20N4O2/c1-8(13-9(2)12(17)18)11-15-14-10-6-4-3-5-7-16(10)11/h8-9,13H,3-7H2,1-2H3,(H,17,18). The molecule has 0 aromatic carbocycles. The number of carboxylic acids is 1. The van der Waals surface area contributed by atoms with Crippen molar-refractivity contribution in [1.82, 2.24) is 20.1 Å². The predicted molar refractivity (Wildman–Crippen MR) is 66.2 cm³/mol. The number of hydrogen-bond acceptors (Lipinski definition) is 4. The van der Waals surface area contributed by atoms with Crippen LogP contribution in [0.4, 0.5) is 0 Å². The zero-order chi connectivity index (χ0) is 13.1. The van der Waals surface area contributed by atoms with E-state index < -0.39 is 12.0 Å². The van der Waals surface area contributed by atoms with Crippen molar-refractivity contribution in [3.8, 4) is 0 Å². The molecule has 2 N–H and O–H groups in total. The quantitative estimate of drug-likeness (QED) is 0.839. The molecule has 2 rings (SSSR count). The Balaban J connectivity index is 2.13. The van der Waals surface area contributed by atoms with E-state index in [0.717, 1.165) is 37.5 Å². The topological polar surface area (TPSA) is 80.0 Å². The van der Waals surface area contributed by atoms with Crippen LogP contribution in [-0.2, 0) is 17.8 Å². The number of carboxylic acid groups (broad SMARTS) is 1. The summed E-state index contributed by atoms with van der Waals surface area (Å²) >= 11 is 0. The summed E-state index contributed by atoms with van der Waals surface area (Å²) in [6, 6.07) is -0.686. The lowest BCUT2D eigenvalue weighted by atomic mass is 10.2. The van der Waals surface area contributed by atoms with Gasteiger partial charge in [0.1, 0.15) is 17.7 Å². The number of hydrogen-bond donors (Lipinski definition) is 2. The molecule has 0 amide bonds. The Labute approximate surface area is 106 Å². The molecule has 100 valence electrons. The summed E-state index contributed by atoms with van der Waals surface area (Å²) in [6.45, 7) is 4.51. The highest BCUT2D eigenvalue weighted by Gasteiger charge is 2.22. The Morgan fingerprint density at radius 1 is 1.33 bits per heavy atom. The summed E-state index contributed by atoms with van der Waals surface area (Å²) in [5, 5.41) is 20.4. The molecule has 0 spiro atoms. The third kappa shape index (κ3) is 2.69. The molecule has 0 radical (unpaired) electrons. The highest BCUT2D eigenvalue weighted by Crippen LogP contribution is 2.18. The molecule has 0 bridgehead atoms. The van der Waals surface area contributed by atoms with Gasteiger partial charge in [0.2, 0.25) is 0 Å². The first kappa shape index (κ1) is 13.0. The van der Waals surface area contributed by atoms with Gasteiger partial charge < -0.3 is 9.67 Å². The maximum Gasteiger partial charge on any atom is 0.320 e. The molecule has 1 aromatic rings. The van der Waals surface area contributed by atoms with Crippen LogP contribution < -0.4 is 5.32 Å². The van der Waals surface area contributed by atoms with E-state index in [2.05, 4.69) is 20.1 Å². The fourth-order valence-electron chi connectivity index (χ4n) is 2.35. The van der Waals surface area contributed by atoms with Crippen LogP contribution in [0.3, 0.4) is 0 Å². The molecule has 0 fully saturated rings. The lowest BCUT2D eigenvalue weighted by molar-refractivity contribution is -0.139. The van der Waals surface area contributed by atoms with Crippen molar-refractivity contribution in [2.24, 2.45) is 0 Å². The van der Waals surface area contributed by atoms with Crippen molar-refractivity contribution in [3.05, 3.63) is 11.6 Å². The van der Waals surface area contributed by atoms with E-state index in [9.17, 15) is 4.79 Å². The largest absolute Gasteiger partial charge is 0.480 e. The highest BCUT2D eigenvalue weighted by atomic mass is 16.4. The average Bonchev–Trinajstić information content (AvgIpc) is 2.58. The van der Waals surface area contributed by atoms with E-state index in [1.807, 2.05) is 6.92 Å². The normalized spacial score (nSPS) is 18.8. The number of carbonyl (C=O) groups is 1. The van der Waals surface area contributed by atoms with Crippen LogP contribution in [0, 0.1) is 0 Å². The summed E-state index contributed by atoms with van der Waals surface area (Å²) in [7, 11) is 0.